The number of thiophene rings is 1. The van der Waals surface area contributed by atoms with Crippen LogP contribution in [0.5, 0.6) is 5.75 Å². The highest BCUT2D eigenvalue weighted by atomic mass is 32.1. The zero-order chi connectivity index (χ0) is 28.4. The molecule has 1 aliphatic carbocycles. The molecule has 0 bridgehead atoms. The lowest BCUT2D eigenvalue weighted by Crippen LogP contribution is -2.42. The minimum Gasteiger partial charge on any atom is -0.484 e. The van der Waals surface area contributed by atoms with E-state index in [1.165, 1.54) is 31.3 Å². The molecule has 0 radical (unpaired) electrons. The van der Waals surface area contributed by atoms with Crippen LogP contribution in [0.2, 0.25) is 0 Å². The Morgan fingerprint density at radius 3 is 1.98 bits per heavy atom. The first-order valence-electron chi connectivity index (χ1n) is 14.4. The van der Waals surface area contributed by atoms with Gasteiger partial charge in [0.05, 0.1) is 4.70 Å². The maximum absolute atomic E-state index is 7.04. The van der Waals surface area contributed by atoms with Crippen molar-refractivity contribution in [2.24, 2.45) is 5.92 Å². The highest BCUT2D eigenvalue weighted by molar-refractivity contribution is 7.26. The highest BCUT2D eigenvalue weighted by Crippen LogP contribution is 2.53. The number of allylic oxidation sites excluding steroid dienone is 2. The number of nitrogens with zero attached hydrogens (tertiary/aromatic N) is 3. The third kappa shape index (κ3) is 3.84. The molecule has 0 saturated carbocycles. The molecule has 0 saturated heterocycles. The van der Waals surface area contributed by atoms with Gasteiger partial charge in [-0.15, -0.1) is 11.3 Å². The van der Waals surface area contributed by atoms with E-state index in [0.29, 0.717) is 17.5 Å². The van der Waals surface area contributed by atoms with E-state index >= 15 is 0 Å². The van der Waals surface area contributed by atoms with Gasteiger partial charge in [-0.05, 0) is 11.6 Å². The minimum atomic E-state index is -0.178. The Kier molecular flexibility index (Phi) is 5.66. The van der Waals surface area contributed by atoms with E-state index in [1.54, 1.807) is 0 Å². The minimum absolute atomic E-state index is 0.0386. The summed E-state index contributed by atoms with van der Waals surface area (Å²) in [6, 6.07) is 33.4. The fourth-order valence-corrected chi connectivity index (χ4v) is 7.65. The third-order valence-electron chi connectivity index (χ3n) is 8.79. The SMILES string of the molecule is CC1C(c2nc(-c3ccccc3)nc(-c3ccccc3)n2)=CC=C2C1Oc1c(ccc3c1sc1ccccc13)C2(C)C. The lowest BCUT2D eigenvalue weighted by atomic mass is 9.68. The maximum Gasteiger partial charge on any atom is 0.164 e. The van der Waals surface area contributed by atoms with Crippen molar-refractivity contribution in [3.05, 3.63) is 126 Å². The molecule has 4 aromatic carbocycles. The maximum atomic E-state index is 7.04. The Morgan fingerprint density at radius 1 is 0.667 bits per heavy atom. The summed E-state index contributed by atoms with van der Waals surface area (Å²) in [5.41, 5.74) is 5.34. The molecule has 4 nitrogen and oxygen atoms in total. The van der Waals surface area contributed by atoms with Gasteiger partial charge in [-0.1, -0.05) is 124 Å². The van der Waals surface area contributed by atoms with E-state index in [1.807, 2.05) is 72.0 Å². The Bertz CT molecular complexity index is 2000. The summed E-state index contributed by atoms with van der Waals surface area (Å²) >= 11 is 1.82. The molecule has 0 fully saturated rings. The van der Waals surface area contributed by atoms with Crippen LogP contribution in [0.4, 0.5) is 0 Å². The van der Waals surface area contributed by atoms with E-state index in [2.05, 4.69) is 69.3 Å². The van der Waals surface area contributed by atoms with Gasteiger partial charge in [0.2, 0.25) is 0 Å². The van der Waals surface area contributed by atoms with Crippen molar-refractivity contribution >= 4 is 37.1 Å². The molecule has 204 valence electrons. The van der Waals surface area contributed by atoms with Crippen LogP contribution >= 0.6 is 11.3 Å². The molecule has 8 rings (SSSR count). The number of hydrogen-bond donors (Lipinski definition) is 0. The number of fused-ring (bicyclic) bond motifs is 6. The first kappa shape index (κ1) is 25.1. The van der Waals surface area contributed by atoms with E-state index in [0.717, 1.165) is 22.4 Å². The molecule has 2 aliphatic rings. The van der Waals surface area contributed by atoms with Gasteiger partial charge in [0.15, 0.2) is 17.5 Å². The lowest BCUT2D eigenvalue weighted by Gasteiger charge is -2.44. The van der Waals surface area contributed by atoms with Crippen LogP contribution in [0.3, 0.4) is 0 Å². The molecule has 2 atom stereocenters. The Morgan fingerprint density at radius 2 is 1.29 bits per heavy atom. The molecule has 42 heavy (non-hydrogen) atoms. The molecule has 5 heteroatoms. The van der Waals surface area contributed by atoms with Gasteiger partial charge in [-0.3, -0.25) is 0 Å². The van der Waals surface area contributed by atoms with Crippen molar-refractivity contribution in [3.8, 4) is 28.5 Å². The predicted molar refractivity (Wildman–Crippen MR) is 173 cm³/mol. The predicted octanol–water partition coefficient (Wildman–Crippen LogP) is 9.27. The molecule has 2 unspecified atom stereocenters. The van der Waals surface area contributed by atoms with E-state index in [9.17, 15) is 0 Å². The zero-order valence-corrected chi connectivity index (χ0v) is 24.5. The Labute approximate surface area is 249 Å². The Hall–Kier alpha value is -4.61. The summed E-state index contributed by atoms with van der Waals surface area (Å²) in [6.07, 6.45) is 4.32. The zero-order valence-electron chi connectivity index (χ0n) is 23.7. The summed E-state index contributed by atoms with van der Waals surface area (Å²) in [4.78, 5) is 14.9. The molecule has 0 amide bonds. The standard InChI is InChI=1S/C37H29N3OS/c1-22-25(36-39-34(23-12-6-4-7-13-23)38-35(40-36)24-14-8-5-9-15-24)18-20-28-31(22)41-32-29(37(28,2)3)21-19-27-26-16-10-11-17-30(26)42-33(27)32/h4-22,31H,1-3H3. The molecule has 2 aromatic heterocycles. The summed E-state index contributed by atoms with van der Waals surface area (Å²) in [6.45, 7) is 6.88. The van der Waals surface area contributed by atoms with Gasteiger partial charge >= 0.3 is 0 Å². The van der Waals surface area contributed by atoms with Gasteiger partial charge in [-0.2, -0.15) is 0 Å². The summed E-state index contributed by atoms with van der Waals surface area (Å²) in [5.74, 6) is 3.09. The van der Waals surface area contributed by atoms with Crippen LogP contribution in [0.15, 0.2) is 115 Å². The quantitative estimate of drug-likeness (QED) is 0.215. The van der Waals surface area contributed by atoms with Gasteiger partial charge < -0.3 is 4.74 Å². The second-order valence-corrected chi connectivity index (χ2v) is 12.7. The summed E-state index contributed by atoms with van der Waals surface area (Å²) in [5, 5.41) is 2.54. The Balaban J connectivity index is 1.27. The first-order valence-corrected chi connectivity index (χ1v) is 15.2. The van der Waals surface area contributed by atoms with Crippen LogP contribution in [-0.4, -0.2) is 21.1 Å². The van der Waals surface area contributed by atoms with Crippen molar-refractivity contribution in [3.63, 3.8) is 0 Å². The van der Waals surface area contributed by atoms with Crippen LogP contribution in [0.1, 0.15) is 32.2 Å². The number of rotatable bonds is 3. The smallest absolute Gasteiger partial charge is 0.164 e. The normalized spacial score (nSPS) is 19.0. The monoisotopic (exact) mass is 563 g/mol. The molecular weight excluding hydrogens is 534 g/mol. The summed E-state index contributed by atoms with van der Waals surface area (Å²) in [7, 11) is 0. The van der Waals surface area contributed by atoms with Crippen molar-refractivity contribution in [1.82, 2.24) is 15.0 Å². The van der Waals surface area contributed by atoms with Crippen LogP contribution in [0.25, 0.3) is 48.5 Å². The number of ether oxygens (including phenoxy) is 1. The van der Waals surface area contributed by atoms with Crippen molar-refractivity contribution in [1.29, 1.82) is 0 Å². The van der Waals surface area contributed by atoms with Gasteiger partial charge in [0.1, 0.15) is 11.9 Å². The van der Waals surface area contributed by atoms with Gasteiger partial charge in [-0.25, -0.2) is 15.0 Å². The number of benzene rings is 4. The number of aromatic nitrogens is 3. The topological polar surface area (TPSA) is 47.9 Å². The van der Waals surface area contributed by atoms with Crippen LogP contribution < -0.4 is 4.74 Å². The molecule has 3 heterocycles. The largest absolute Gasteiger partial charge is 0.484 e. The van der Waals surface area contributed by atoms with E-state index in [4.69, 9.17) is 19.7 Å². The van der Waals surface area contributed by atoms with Crippen molar-refractivity contribution in [2.45, 2.75) is 32.3 Å². The average Bonchev–Trinajstić information content (AvgIpc) is 3.42. The molecule has 6 aromatic rings. The highest BCUT2D eigenvalue weighted by Gasteiger charge is 2.45. The summed E-state index contributed by atoms with van der Waals surface area (Å²) < 4.78 is 9.55. The third-order valence-corrected chi connectivity index (χ3v) is 9.98. The van der Waals surface area contributed by atoms with E-state index < -0.39 is 0 Å². The second-order valence-electron chi connectivity index (χ2n) is 11.7. The fraction of sp³-hybridized carbons (Fsp3) is 0.162. The molecular formula is C37H29N3OS. The van der Waals surface area contributed by atoms with Gasteiger partial charge in [0, 0.05) is 49.1 Å². The van der Waals surface area contributed by atoms with Crippen molar-refractivity contribution < 1.29 is 4.74 Å². The molecule has 0 spiro atoms. The van der Waals surface area contributed by atoms with Crippen LogP contribution in [-0.2, 0) is 5.41 Å². The second kappa shape index (κ2) is 9.47. The number of hydrogen-bond acceptors (Lipinski definition) is 5. The molecule has 0 N–H and O–H groups in total. The first-order chi connectivity index (χ1) is 20.5. The molecule has 1 aliphatic heterocycles. The van der Waals surface area contributed by atoms with Crippen LogP contribution in [0, 0.1) is 5.92 Å². The van der Waals surface area contributed by atoms with Gasteiger partial charge in [0.25, 0.3) is 0 Å². The lowest BCUT2D eigenvalue weighted by molar-refractivity contribution is 0.166. The fourth-order valence-electron chi connectivity index (χ4n) is 6.46. The van der Waals surface area contributed by atoms with Crippen molar-refractivity contribution in [2.75, 3.05) is 0 Å². The average molecular weight is 564 g/mol. The van der Waals surface area contributed by atoms with E-state index in [-0.39, 0.29) is 17.4 Å².